The second-order valence-corrected chi connectivity index (χ2v) is 6.07. The maximum Gasteiger partial charge on any atom is 0.150 e. The summed E-state index contributed by atoms with van der Waals surface area (Å²) in [6.07, 6.45) is 1.17. The molecule has 0 radical (unpaired) electrons. The van der Waals surface area contributed by atoms with Crippen molar-refractivity contribution in [3.8, 4) is 5.75 Å². The zero-order chi connectivity index (χ0) is 12.2. The summed E-state index contributed by atoms with van der Waals surface area (Å²) in [4.78, 5) is 0.322. The van der Waals surface area contributed by atoms with Gasteiger partial charge in [-0.2, -0.15) is 0 Å². The van der Waals surface area contributed by atoms with Gasteiger partial charge in [0.25, 0.3) is 0 Å². The highest BCUT2D eigenvalue weighted by atomic mass is 32.2. The van der Waals surface area contributed by atoms with E-state index in [2.05, 4.69) is 0 Å². The lowest BCUT2D eigenvalue weighted by atomic mass is 10.2. The molecule has 0 aromatic heterocycles. The summed E-state index contributed by atoms with van der Waals surface area (Å²) < 4.78 is 27.0. The number of ether oxygens (including phenoxy) is 1. The van der Waals surface area contributed by atoms with Gasteiger partial charge in [-0.1, -0.05) is 12.2 Å². The van der Waals surface area contributed by atoms with Gasteiger partial charge >= 0.3 is 0 Å². The molecule has 1 aromatic rings. The standard InChI is InChI=1S/C10H13NO3S2/c1-16(12,13)7-6-14-9-4-2-8(3-5-9)10(11)15/h2-5H,6-7H2,1H3,(H2,11,15). The van der Waals surface area contributed by atoms with Crippen molar-refractivity contribution in [3.05, 3.63) is 29.8 Å². The van der Waals surface area contributed by atoms with Crippen molar-refractivity contribution in [3.63, 3.8) is 0 Å². The predicted molar refractivity (Wildman–Crippen MR) is 67.5 cm³/mol. The number of hydrogen-bond acceptors (Lipinski definition) is 4. The minimum absolute atomic E-state index is 0.00402. The Morgan fingerprint density at radius 3 is 2.38 bits per heavy atom. The Morgan fingerprint density at radius 1 is 1.38 bits per heavy atom. The molecule has 0 aliphatic heterocycles. The van der Waals surface area contributed by atoms with Gasteiger partial charge in [-0.15, -0.1) is 0 Å². The van der Waals surface area contributed by atoms with Crippen molar-refractivity contribution >= 4 is 27.0 Å². The molecule has 0 aliphatic carbocycles. The van der Waals surface area contributed by atoms with Gasteiger partial charge in [0.1, 0.15) is 17.3 Å². The van der Waals surface area contributed by atoms with Crippen molar-refractivity contribution in [1.29, 1.82) is 0 Å². The fourth-order valence-corrected chi connectivity index (χ4v) is 1.55. The summed E-state index contributed by atoms with van der Waals surface area (Å²) >= 11 is 4.80. The SMILES string of the molecule is CS(=O)(=O)CCOc1ccc(C(N)=S)cc1. The molecule has 0 saturated carbocycles. The smallest absolute Gasteiger partial charge is 0.150 e. The Kier molecular flexibility index (Phi) is 4.26. The van der Waals surface area contributed by atoms with Crippen LogP contribution in [0.1, 0.15) is 5.56 Å². The van der Waals surface area contributed by atoms with E-state index in [1.807, 2.05) is 0 Å². The lowest BCUT2D eigenvalue weighted by Gasteiger charge is -2.05. The normalized spacial score (nSPS) is 11.1. The highest BCUT2D eigenvalue weighted by Gasteiger charge is 2.02. The molecule has 0 saturated heterocycles. The molecule has 0 atom stereocenters. The van der Waals surface area contributed by atoms with Crippen molar-refractivity contribution in [2.45, 2.75) is 0 Å². The first-order valence-electron chi connectivity index (χ1n) is 4.59. The fourth-order valence-electron chi connectivity index (χ4n) is 1.03. The first-order chi connectivity index (χ1) is 7.38. The Hall–Kier alpha value is -1.14. The first kappa shape index (κ1) is 12.9. The van der Waals surface area contributed by atoms with Crippen LogP contribution in [0.3, 0.4) is 0 Å². The topological polar surface area (TPSA) is 69.4 Å². The van der Waals surface area contributed by atoms with E-state index in [-0.39, 0.29) is 12.4 Å². The maximum atomic E-state index is 10.9. The monoisotopic (exact) mass is 259 g/mol. The third kappa shape index (κ3) is 4.59. The summed E-state index contributed by atoms with van der Waals surface area (Å²) in [6, 6.07) is 6.88. The van der Waals surface area contributed by atoms with Crippen LogP contribution in [0.25, 0.3) is 0 Å². The van der Waals surface area contributed by atoms with Gasteiger partial charge in [0.05, 0.1) is 5.75 Å². The van der Waals surface area contributed by atoms with Crippen molar-refractivity contribution < 1.29 is 13.2 Å². The van der Waals surface area contributed by atoms with Crippen LogP contribution >= 0.6 is 12.2 Å². The predicted octanol–water partition coefficient (Wildman–Crippen LogP) is 0.744. The van der Waals surface area contributed by atoms with Gasteiger partial charge in [0.15, 0.2) is 9.84 Å². The summed E-state index contributed by atoms with van der Waals surface area (Å²) in [5, 5.41) is 0. The van der Waals surface area contributed by atoms with Gasteiger partial charge in [0, 0.05) is 11.8 Å². The number of rotatable bonds is 5. The Bertz CT molecular complexity index is 465. The quantitative estimate of drug-likeness (QED) is 0.790. The van der Waals surface area contributed by atoms with E-state index in [1.165, 1.54) is 6.26 Å². The van der Waals surface area contributed by atoms with Crippen LogP contribution in [0, 0.1) is 0 Å². The molecule has 88 valence electrons. The van der Waals surface area contributed by atoms with Gasteiger partial charge < -0.3 is 10.5 Å². The van der Waals surface area contributed by atoms with E-state index in [1.54, 1.807) is 24.3 Å². The van der Waals surface area contributed by atoms with E-state index < -0.39 is 9.84 Å². The Labute approximate surface area is 100 Å². The summed E-state index contributed by atoms with van der Waals surface area (Å²) in [7, 11) is -2.98. The Balaban J connectivity index is 2.53. The molecule has 2 N–H and O–H groups in total. The van der Waals surface area contributed by atoms with Crippen LogP contribution in [0.15, 0.2) is 24.3 Å². The molecule has 0 spiro atoms. The molecule has 0 amide bonds. The third-order valence-corrected chi connectivity index (χ3v) is 3.01. The minimum atomic E-state index is -2.98. The number of sulfone groups is 1. The zero-order valence-electron chi connectivity index (χ0n) is 8.84. The molecule has 0 unspecified atom stereocenters. The molecule has 0 heterocycles. The number of thiocarbonyl (C=S) groups is 1. The molecular weight excluding hydrogens is 246 g/mol. The molecule has 1 aromatic carbocycles. The van der Waals surface area contributed by atoms with Crippen molar-refractivity contribution in [2.75, 3.05) is 18.6 Å². The second kappa shape index (κ2) is 5.27. The molecule has 0 aliphatic rings. The largest absolute Gasteiger partial charge is 0.493 e. The molecule has 4 nitrogen and oxygen atoms in total. The van der Waals surface area contributed by atoms with Crippen LogP contribution in [0.5, 0.6) is 5.75 Å². The van der Waals surface area contributed by atoms with Crippen LogP contribution in [-0.4, -0.2) is 32.0 Å². The van der Waals surface area contributed by atoms with Crippen LogP contribution < -0.4 is 10.5 Å². The average Bonchev–Trinajstić information content (AvgIpc) is 2.16. The minimum Gasteiger partial charge on any atom is -0.493 e. The number of hydrogen-bond donors (Lipinski definition) is 1. The molecule has 6 heteroatoms. The molecule has 1 rings (SSSR count). The lowest BCUT2D eigenvalue weighted by molar-refractivity contribution is 0.341. The van der Waals surface area contributed by atoms with E-state index >= 15 is 0 Å². The first-order valence-corrected chi connectivity index (χ1v) is 7.06. The van der Waals surface area contributed by atoms with Crippen LogP contribution in [0.2, 0.25) is 0 Å². The molecule has 0 fully saturated rings. The van der Waals surface area contributed by atoms with E-state index in [0.29, 0.717) is 10.7 Å². The van der Waals surface area contributed by atoms with Gasteiger partial charge in [-0.05, 0) is 24.3 Å². The van der Waals surface area contributed by atoms with Gasteiger partial charge in [-0.25, -0.2) is 8.42 Å². The van der Waals surface area contributed by atoms with E-state index in [0.717, 1.165) is 5.56 Å². The van der Waals surface area contributed by atoms with Gasteiger partial charge in [0.2, 0.25) is 0 Å². The van der Waals surface area contributed by atoms with Crippen molar-refractivity contribution in [2.24, 2.45) is 5.73 Å². The molecule has 16 heavy (non-hydrogen) atoms. The number of nitrogens with two attached hydrogens (primary N) is 1. The second-order valence-electron chi connectivity index (χ2n) is 3.37. The zero-order valence-corrected chi connectivity index (χ0v) is 10.5. The van der Waals surface area contributed by atoms with E-state index in [9.17, 15) is 8.42 Å². The average molecular weight is 259 g/mol. The van der Waals surface area contributed by atoms with E-state index in [4.69, 9.17) is 22.7 Å². The summed E-state index contributed by atoms with van der Waals surface area (Å²) in [5.74, 6) is 0.605. The third-order valence-electron chi connectivity index (χ3n) is 1.86. The molecule has 0 bridgehead atoms. The molecular formula is C10H13NO3S2. The van der Waals surface area contributed by atoms with Crippen LogP contribution in [-0.2, 0) is 9.84 Å². The fraction of sp³-hybridized carbons (Fsp3) is 0.300. The van der Waals surface area contributed by atoms with Crippen LogP contribution in [0.4, 0.5) is 0 Å². The Morgan fingerprint density at radius 2 is 1.94 bits per heavy atom. The van der Waals surface area contributed by atoms with Crippen molar-refractivity contribution in [1.82, 2.24) is 0 Å². The highest BCUT2D eigenvalue weighted by Crippen LogP contribution is 2.12. The van der Waals surface area contributed by atoms with Gasteiger partial charge in [-0.3, -0.25) is 0 Å². The highest BCUT2D eigenvalue weighted by molar-refractivity contribution is 7.90. The number of benzene rings is 1. The lowest BCUT2D eigenvalue weighted by Crippen LogP contribution is -2.12. The maximum absolute atomic E-state index is 10.9. The summed E-state index contributed by atoms with van der Waals surface area (Å²) in [5.41, 5.74) is 6.19. The summed E-state index contributed by atoms with van der Waals surface area (Å²) in [6.45, 7) is 0.144.